The number of hydrogen-bond acceptors (Lipinski definition) is 2. The molecule has 0 fully saturated rings. The van der Waals surface area contributed by atoms with E-state index in [-0.39, 0.29) is 5.75 Å². The average Bonchev–Trinajstić information content (AvgIpc) is 2.12. The highest BCUT2D eigenvalue weighted by Crippen LogP contribution is 2.26. The molecule has 0 bridgehead atoms. The van der Waals surface area contributed by atoms with Crippen LogP contribution in [0.1, 0.15) is 19.4 Å². The van der Waals surface area contributed by atoms with Crippen molar-refractivity contribution in [1.29, 1.82) is 0 Å². The molecule has 0 aliphatic carbocycles. The minimum absolute atomic E-state index is 0.221. The van der Waals surface area contributed by atoms with E-state index in [2.05, 4.69) is 4.74 Å². The summed E-state index contributed by atoms with van der Waals surface area (Å²) in [6, 6.07) is 3.97. The first-order valence-electron chi connectivity index (χ1n) is 4.50. The van der Waals surface area contributed by atoms with Crippen molar-refractivity contribution in [2.75, 3.05) is 5.73 Å². The van der Waals surface area contributed by atoms with Gasteiger partial charge in [-0.15, -0.1) is 13.2 Å². The molecule has 0 unspecified atom stereocenters. The van der Waals surface area contributed by atoms with Crippen molar-refractivity contribution < 1.29 is 17.9 Å². The maximum atomic E-state index is 11.8. The van der Waals surface area contributed by atoms with Crippen LogP contribution in [0.15, 0.2) is 18.2 Å². The van der Waals surface area contributed by atoms with Gasteiger partial charge in [0.2, 0.25) is 0 Å². The van der Waals surface area contributed by atoms with Gasteiger partial charge in [0.25, 0.3) is 0 Å². The number of ether oxygens (including phenoxy) is 1. The number of benzene rings is 1. The monoisotopic (exact) mass is 221 g/mol. The SMILES string of the molecule is CC.Cc1cc(N)ccc1OC(F)(F)F. The van der Waals surface area contributed by atoms with Crippen LogP contribution in [0.5, 0.6) is 5.75 Å². The molecule has 0 saturated carbocycles. The van der Waals surface area contributed by atoms with Crippen LogP contribution in [-0.2, 0) is 0 Å². The second kappa shape index (κ2) is 5.48. The second-order valence-corrected chi connectivity index (χ2v) is 2.57. The fourth-order valence-corrected chi connectivity index (χ4v) is 0.912. The van der Waals surface area contributed by atoms with Crippen LogP contribution in [0.4, 0.5) is 18.9 Å². The Morgan fingerprint density at radius 3 is 2.13 bits per heavy atom. The fourth-order valence-electron chi connectivity index (χ4n) is 0.912. The predicted octanol–water partition coefficient (Wildman–Crippen LogP) is 3.50. The molecule has 0 amide bonds. The minimum Gasteiger partial charge on any atom is -0.406 e. The highest BCUT2D eigenvalue weighted by atomic mass is 19.4. The zero-order chi connectivity index (χ0) is 12.1. The Labute approximate surface area is 86.8 Å². The maximum absolute atomic E-state index is 11.8. The van der Waals surface area contributed by atoms with E-state index in [0.717, 1.165) is 0 Å². The van der Waals surface area contributed by atoms with Crippen molar-refractivity contribution in [2.24, 2.45) is 0 Å². The average molecular weight is 221 g/mol. The van der Waals surface area contributed by atoms with E-state index >= 15 is 0 Å². The molecule has 1 rings (SSSR count). The molecule has 0 aliphatic heterocycles. The Hall–Kier alpha value is -1.39. The predicted molar refractivity (Wildman–Crippen MR) is 53.6 cm³/mol. The van der Waals surface area contributed by atoms with Gasteiger partial charge < -0.3 is 10.5 Å². The summed E-state index contributed by atoms with van der Waals surface area (Å²) < 4.78 is 39.0. The molecule has 1 aromatic carbocycles. The first-order chi connectivity index (χ1) is 6.88. The number of hydrogen-bond donors (Lipinski definition) is 1. The molecule has 5 heteroatoms. The molecule has 2 N–H and O–H groups in total. The fraction of sp³-hybridized carbons (Fsp3) is 0.400. The van der Waals surface area contributed by atoms with E-state index in [9.17, 15) is 13.2 Å². The van der Waals surface area contributed by atoms with E-state index in [1.54, 1.807) is 0 Å². The van der Waals surface area contributed by atoms with Crippen molar-refractivity contribution in [3.63, 3.8) is 0 Å². The van der Waals surface area contributed by atoms with Crippen LogP contribution in [0.25, 0.3) is 0 Å². The zero-order valence-electron chi connectivity index (χ0n) is 8.85. The van der Waals surface area contributed by atoms with Crippen LogP contribution >= 0.6 is 0 Å². The van der Waals surface area contributed by atoms with Gasteiger partial charge in [-0.25, -0.2) is 0 Å². The van der Waals surface area contributed by atoms with Gasteiger partial charge in [0.1, 0.15) is 5.75 Å². The lowest BCUT2D eigenvalue weighted by atomic mass is 10.2. The van der Waals surface area contributed by atoms with Gasteiger partial charge in [0.15, 0.2) is 0 Å². The molecule has 15 heavy (non-hydrogen) atoms. The zero-order valence-corrected chi connectivity index (χ0v) is 8.85. The van der Waals surface area contributed by atoms with Gasteiger partial charge in [0.05, 0.1) is 0 Å². The summed E-state index contributed by atoms with van der Waals surface area (Å²) in [6.07, 6.45) is -4.65. The number of nitrogens with two attached hydrogens (primary N) is 1. The molecule has 0 radical (unpaired) electrons. The molecule has 0 saturated heterocycles. The highest BCUT2D eigenvalue weighted by molar-refractivity contribution is 5.47. The van der Waals surface area contributed by atoms with E-state index in [4.69, 9.17) is 5.73 Å². The maximum Gasteiger partial charge on any atom is 0.573 e. The van der Waals surface area contributed by atoms with Crippen molar-refractivity contribution in [2.45, 2.75) is 27.1 Å². The lowest BCUT2D eigenvalue weighted by molar-refractivity contribution is -0.274. The Morgan fingerprint density at radius 1 is 1.20 bits per heavy atom. The molecular formula is C10H14F3NO. The Kier molecular flexibility index (Phi) is 4.97. The number of rotatable bonds is 1. The lowest BCUT2D eigenvalue weighted by Gasteiger charge is -2.11. The topological polar surface area (TPSA) is 35.2 Å². The largest absolute Gasteiger partial charge is 0.573 e. The molecule has 86 valence electrons. The summed E-state index contributed by atoms with van der Waals surface area (Å²) in [6.45, 7) is 5.50. The summed E-state index contributed by atoms with van der Waals surface area (Å²) in [7, 11) is 0. The third-order valence-corrected chi connectivity index (χ3v) is 1.42. The molecule has 0 aliphatic rings. The lowest BCUT2D eigenvalue weighted by Crippen LogP contribution is -2.17. The van der Waals surface area contributed by atoms with Crippen molar-refractivity contribution in [1.82, 2.24) is 0 Å². The number of aryl methyl sites for hydroxylation is 1. The van der Waals surface area contributed by atoms with E-state index in [1.165, 1.54) is 25.1 Å². The number of alkyl halides is 3. The van der Waals surface area contributed by atoms with Gasteiger partial charge in [-0.05, 0) is 30.7 Å². The summed E-state index contributed by atoms with van der Waals surface area (Å²) >= 11 is 0. The van der Waals surface area contributed by atoms with Crippen LogP contribution < -0.4 is 10.5 Å². The summed E-state index contributed by atoms with van der Waals surface area (Å²) in [5.74, 6) is -0.221. The summed E-state index contributed by atoms with van der Waals surface area (Å²) in [5.41, 5.74) is 6.12. The molecule has 2 nitrogen and oxygen atoms in total. The van der Waals surface area contributed by atoms with Crippen molar-refractivity contribution in [3.05, 3.63) is 23.8 Å². The highest BCUT2D eigenvalue weighted by Gasteiger charge is 2.31. The Balaban J connectivity index is 0.000000921. The van der Waals surface area contributed by atoms with Gasteiger partial charge in [-0.1, -0.05) is 13.8 Å². The third-order valence-electron chi connectivity index (χ3n) is 1.42. The first kappa shape index (κ1) is 13.6. The quantitative estimate of drug-likeness (QED) is 0.736. The van der Waals surface area contributed by atoms with Crippen LogP contribution in [0, 0.1) is 6.92 Å². The van der Waals surface area contributed by atoms with Crippen LogP contribution in [0.2, 0.25) is 0 Å². The standard InChI is InChI=1S/C8H8F3NO.C2H6/c1-5-4-6(12)2-3-7(5)13-8(9,10)11;1-2/h2-4H,12H2,1H3;1-2H3. The third kappa shape index (κ3) is 5.15. The summed E-state index contributed by atoms with van der Waals surface area (Å²) in [5, 5.41) is 0. The smallest absolute Gasteiger partial charge is 0.406 e. The second-order valence-electron chi connectivity index (χ2n) is 2.57. The minimum atomic E-state index is -4.65. The first-order valence-corrected chi connectivity index (χ1v) is 4.50. The van der Waals surface area contributed by atoms with Crippen molar-refractivity contribution >= 4 is 5.69 Å². The molecule has 0 aromatic heterocycles. The molecular weight excluding hydrogens is 207 g/mol. The van der Waals surface area contributed by atoms with Crippen molar-refractivity contribution in [3.8, 4) is 5.75 Å². The Morgan fingerprint density at radius 2 is 1.73 bits per heavy atom. The van der Waals surface area contributed by atoms with Gasteiger partial charge in [0, 0.05) is 5.69 Å². The van der Waals surface area contributed by atoms with Gasteiger partial charge in [-0.3, -0.25) is 0 Å². The molecule has 0 spiro atoms. The van der Waals surface area contributed by atoms with E-state index < -0.39 is 6.36 Å². The van der Waals surface area contributed by atoms with E-state index in [1.807, 2.05) is 13.8 Å². The number of halogens is 3. The normalized spacial score (nSPS) is 10.3. The Bertz CT molecular complexity index is 310. The number of nitrogen functional groups attached to an aromatic ring is 1. The molecule has 0 heterocycles. The van der Waals surface area contributed by atoms with E-state index in [0.29, 0.717) is 11.3 Å². The summed E-state index contributed by atoms with van der Waals surface area (Å²) in [4.78, 5) is 0. The van der Waals surface area contributed by atoms with Crippen LogP contribution in [0.3, 0.4) is 0 Å². The molecule has 0 atom stereocenters. The van der Waals surface area contributed by atoms with Gasteiger partial charge >= 0.3 is 6.36 Å². The van der Waals surface area contributed by atoms with Gasteiger partial charge in [-0.2, -0.15) is 0 Å². The number of anilines is 1. The molecule has 1 aromatic rings. The van der Waals surface area contributed by atoms with Crippen LogP contribution in [-0.4, -0.2) is 6.36 Å².